The molecule has 1 aromatic heterocycles. The van der Waals surface area contributed by atoms with Crippen molar-refractivity contribution in [1.82, 2.24) is 19.8 Å². The lowest BCUT2D eigenvalue weighted by Crippen LogP contribution is -2.58. The smallest absolute Gasteiger partial charge is 0.318 e. The normalized spacial score (nSPS) is 26.8. The van der Waals surface area contributed by atoms with Gasteiger partial charge in [-0.05, 0) is 83.7 Å². The third-order valence-corrected chi connectivity index (χ3v) is 9.59. The fourth-order valence-electron chi connectivity index (χ4n) is 7.27. The molecule has 1 unspecified atom stereocenters. The largest absolute Gasteiger partial charge is 0.462 e. The Hall–Kier alpha value is -3.13. The fourth-order valence-corrected chi connectivity index (χ4v) is 7.27. The van der Waals surface area contributed by atoms with Crippen LogP contribution in [0.4, 0.5) is 11.5 Å². The van der Waals surface area contributed by atoms with Crippen molar-refractivity contribution in [3.8, 4) is 6.01 Å². The second-order valence-electron chi connectivity index (χ2n) is 12.2. The summed E-state index contributed by atoms with van der Waals surface area (Å²) < 4.78 is 6.35. The van der Waals surface area contributed by atoms with Gasteiger partial charge in [0.05, 0.1) is 5.69 Å². The number of benzene rings is 1. The first-order chi connectivity index (χ1) is 19.4. The number of hydrogen-bond donors (Lipinski definition) is 0. The third kappa shape index (κ3) is 5.18. The lowest BCUT2D eigenvalue weighted by atomic mass is 9.88. The second-order valence-corrected chi connectivity index (χ2v) is 12.2. The van der Waals surface area contributed by atoms with Crippen LogP contribution in [0.1, 0.15) is 56.4 Å². The molecule has 1 aliphatic carbocycles. The summed E-state index contributed by atoms with van der Waals surface area (Å²) in [6, 6.07) is 10.4. The van der Waals surface area contributed by atoms with E-state index >= 15 is 0 Å². The number of nitrogens with zero attached hydrogens (tertiary/aromatic N) is 6. The van der Waals surface area contributed by atoms with Gasteiger partial charge >= 0.3 is 6.01 Å². The van der Waals surface area contributed by atoms with Gasteiger partial charge in [0.1, 0.15) is 12.4 Å². The average molecular weight is 545 g/mol. The van der Waals surface area contributed by atoms with Crippen molar-refractivity contribution < 1.29 is 9.53 Å². The Kier molecular flexibility index (Phi) is 7.71. The Morgan fingerprint density at radius 3 is 2.70 bits per heavy atom. The SMILES string of the molecule is C=CC(=O)N1C[C@H](C)N(c2nc(OC[C@@H]3CCCN3C)nc3c2CCC(N2CCCc4ccccc42)C3)C[C@@H]1C. The minimum atomic E-state index is -0.00178. The minimum absolute atomic E-state index is 0.00178. The number of ether oxygens (including phenoxy) is 1. The van der Waals surface area contributed by atoms with E-state index in [9.17, 15) is 4.79 Å². The van der Waals surface area contributed by atoms with Gasteiger partial charge in [-0.25, -0.2) is 0 Å². The molecule has 4 atom stereocenters. The maximum atomic E-state index is 12.5. The van der Waals surface area contributed by atoms with Crippen LogP contribution in [0.5, 0.6) is 6.01 Å². The molecule has 1 aromatic carbocycles. The molecule has 2 saturated heterocycles. The Bertz CT molecular complexity index is 1250. The van der Waals surface area contributed by atoms with Crippen molar-refractivity contribution in [3.63, 3.8) is 0 Å². The molecule has 1 amide bonds. The molecule has 3 aliphatic heterocycles. The molecule has 8 heteroatoms. The van der Waals surface area contributed by atoms with E-state index in [0.717, 1.165) is 63.3 Å². The number of para-hydroxylation sites is 1. The maximum Gasteiger partial charge on any atom is 0.318 e. The highest BCUT2D eigenvalue weighted by atomic mass is 16.5. The molecule has 0 bridgehead atoms. The van der Waals surface area contributed by atoms with Gasteiger partial charge in [0.2, 0.25) is 5.91 Å². The first-order valence-electron chi connectivity index (χ1n) is 15.2. The highest BCUT2D eigenvalue weighted by molar-refractivity contribution is 5.87. The summed E-state index contributed by atoms with van der Waals surface area (Å²) in [7, 11) is 2.17. The topological polar surface area (TPSA) is 65.0 Å². The fraction of sp³-hybridized carbons (Fsp3) is 0.594. The molecular formula is C32H44N6O2. The van der Waals surface area contributed by atoms with Crippen molar-refractivity contribution in [2.75, 3.05) is 49.6 Å². The molecule has 8 nitrogen and oxygen atoms in total. The van der Waals surface area contributed by atoms with Gasteiger partial charge in [-0.1, -0.05) is 24.8 Å². The zero-order valence-electron chi connectivity index (χ0n) is 24.4. The number of likely N-dealkylation sites (N-methyl/N-ethyl adjacent to an activating group) is 1. The number of anilines is 2. The van der Waals surface area contributed by atoms with E-state index in [1.165, 1.54) is 35.7 Å². The predicted octanol–water partition coefficient (Wildman–Crippen LogP) is 3.87. The van der Waals surface area contributed by atoms with E-state index < -0.39 is 0 Å². The lowest BCUT2D eigenvalue weighted by Gasteiger charge is -2.46. The van der Waals surface area contributed by atoms with Crippen LogP contribution in [0.2, 0.25) is 0 Å². The van der Waals surface area contributed by atoms with Crippen LogP contribution in [0.15, 0.2) is 36.9 Å². The van der Waals surface area contributed by atoms with E-state index in [2.05, 4.69) is 66.4 Å². The summed E-state index contributed by atoms with van der Waals surface area (Å²) in [4.78, 5) is 32.0. The third-order valence-electron chi connectivity index (χ3n) is 9.59. The number of carbonyl (C=O) groups excluding carboxylic acids is 1. The van der Waals surface area contributed by atoms with Crippen LogP contribution in [0.25, 0.3) is 0 Å². The van der Waals surface area contributed by atoms with Crippen LogP contribution in [0, 0.1) is 0 Å². The lowest BCUT2D eigenvalue weighted by molar-refractivity contribution is -0.128. The van der Waals surface area contributed by atoms with Gasteiger partial charge in [0, 0.05) is 61.5 Å². The first-order valence-corrected chi connectivity index (χ1v) is 15.2. The van der Waals surface area contributed by atoms with Crippen molar-refractivity contribution in [2.24, 2.45) is 0 Å². The Morgan fingerprint density at radius 1 is 1.05 bits per heavy atom. The van der Waals surface area contributed by atoms with E-state index in [1.54, 1.807) is 0 Å². The molecule has 0 saturated carbocycles. The summed E-state index contributed by atoms with van der Waals surface area (Å²) in [5, 5.41) is 0. The number of carbonyl (C=O) groups is 1. The average Bonchev–Trinajstić information content (AvgIpc) is 3.39. The van der Waals surface area contributed by atoms with E-state index in [-0.39, 0.29) is 18.0 Å². The van der Waals surface area contributed by atoms with Gasteiger partial charge in [0.15, 0.2) is 0 Å². The molecule has 0 spiro atoms. The highest BCUT2D eigenvalue weighted by Gasteiger charge is 2.36. The maximum absolute atomic E-state index is 12.5. The molecule has 2 fully saturated rings. The number of amides is 1. The van der Waals surface area contributed by atoms with Crippen LogP contribution in [-0.4, -0.2) is 89.7 Å². The van der Waals surface area contributed by atoms with Gasteiger partial charge < -0.3 is 24.3 Å². The van der Waals surface area contributed by atoms with Gasteiger partial charge in [-0.15, -0.1) is 0 Å². The van der Waals surface area contributed by atoms with Crippen molar-refractivity contribution >= 4 is 17.4 Å². The molecule has 214 valence electrons. The number of piperazine rings is 1. The Morgan fingerprint density at radius 2 is 1.90 bits per heavy atom. The van der Waals surface area contributed by atoms with Crippen molar-refractivity contribution in [3.05, 3.63) is 53.7 Å². The number of rotatable bonds is 6. The predicted molar refractivity (Wildman–Crippen MR) is 159 cm³/mol. The van der Waals surface area contributed by atoms with Crippen molar-refractivity contribution in [2.45, 2.75) is 83.0 Å². The number of fused-ring (bicyclic) bond motifs is 2. The van der Waals surface area contributed by atoms with E-state index in [0.29, 0.717) is 31.2 Å². The summed E-state index contributed by atoms with van der Waals surface area (Å²) in [6.45, 7) is 12.2. The Labute approximate surface area is 239 Å². The molecule has 6 rings (SSSR count). The van der Waals surface area contributed by atoms with Crippen LogP contribution >= 0.6 is 0 Å². The summed E-state index contributed by atoms with van der Waals surface area (Å²) in [5.74, 6) is 1.00. The van der Waals surface area contributed by atoms with Gasteiger partial charge in [0.25, 0.3) is 0 Å². The number of aromatic nitrogens is 2. The summed E-state index contributed by atoms with van der Waals surface area (Å²) >= 11 is 0. The molecule has 2 aromatic rings. The Balaban J connectivity index is 1.30. The van der Waals surface area contributed by atoms with Crippen molar-refractivity contribution in [1.29, 1.82) is 0 Å². The number of hydrogen-bond acceptors (Lipinski definition) is 7. The standard InChI is InChI=1S/C32H44N6O2/c1-5-30(39)37-19-23(3)38(20-22(37)2)31-27-15-14-25(36-17-8-11-24-10-6-7-13-29(24)36)18-28(27)33-32(34-31)40-21-26-12-9-16-35(26)4/h5-7,10,13,22-23,25-26H,1,8-9,11-12,14-21H2,2-4H3/t22-,23-,25?,26-/m0/s1. The zero-order valence-corrected chi connectivity index (χ0v) is 24.4. The minimum Gasteiger partial charge on any atom is -0.462 e. The van der Waals surface area contributed by atoms with Gasteiger partial charge in [-0.2, -0.15) is 9.97 Å². The molecule has 0 radical (unpaired) electrons. The summed E-state index contributed by atoms with van der Waals surface area (Å²) in [6.07, 6.45) is 9.08. The number of aryl methyl sites for hydroxylation is 1. The van der Waals surface area contributed by atoms with E-state index in [4.69, 9.17) is 14.7 Å². The van der Waals surface area contributed by atoms with Crippen LogP contribution in [-0.2, 0) is 24.1 Å². The molecule has 0 N–H and O–H groups in total. The quantitative estimate of drug-likeness (QED) is 0.512. The molecule has 4 aliphatic rings. The number of likely N-dealkylation sites (tertiary alicyclic amines) is 1. The van der Waals surface area contributed by atoms with Gasteiger partial charge in [-0.3, -0.25) is 4.79 Å². The molecule has 40 heavy (non-hydrogen) atoms. The molecular weight excluding hydrogens is 500 g/mol. The first kappa shape index (κ1) is 27.1. The zero-order chi connectivity index (χ0) is 27.8. The van der Waals surface area contributed by atoms with Crippen LogP contribution < -0.4 is 14.5 Å². The second kappa shape index (κ2) is 11.4. The molecule has 4 heterocycles. The van der Waals surface area contributed by atoms with E-state index in [1.807, 2.05) is 4.90 Å². The monoisotopic (exact) mass is 544 g/mol. The highest BCUT2D eigenvalue weighted by Crippen LogP contribution is 2.37. The van der Waals surface area contributed by atoms with Crippen LogP contribution in [0.3, 0.4) is 0 Å². The summed E-state index contributed by atoms with van der Waals surface area (Å²) in [5.41, 5.74) is 5.24.